The third-order valence-corrected chi connectivity index (χ3v) is 5.37. The molecular weight excluding hydrogens is 342 g/mol. The number of hydrogen-bond acceptors (Lipinski definition) is 6. The van der Waals surface area contributed by atoms with E-state index in [-0.39, 0.29) is 5.91 Å². The van der Waals surface area contributed by atoms with Gasteiger partial charge in [0.15, 0.2) is 10.4 Å². The second-order valence-corrected chi connectivity index (χ2v) is 7.67. The van der Waals surface area contributed by atoms with Crippen LogP contribution in [0.1, 0.15) is 23.6 Å². The molecule has 1 atom stereocenters. The summed E-state index contributed by atoms with van der Waals surface area (Å²) in [5.41, 5.74) is 3.29. The quantitative estimate of drug-likeness (QED) is 0.455. The summed E-state index contributed by atoms with van der Waals surface area (Å²) in [7, 11) is 0. The molecule has 24 heavy (non-hydrogen) atoms. The number of amides is 1. The van der Waals surface area contributed by atoms with Crippen LogP contribution in [0.3, 0.4) is 0 Å². The first-order chi connectivity index (χ1) is 11.4. The van der Waals surface area contributed by atoms with Gasteiger partial charge in [-0.2, -0.15) is 0 Å². The van der Waals surface area contributed by atoms with Crippen LogP contribution in [-0.4, -0.2) is 28.0 Å². The molecule has 1 N–H and O–H groups in total. The Balaban J connectivity index is 2.00. The van der Waals surface area contributed by atoms with Crippen molar-refractivity contribution >= 4 is 34.1 Å². The van der Waals surface area contributed by atoms with E-state index in [0.29, 0.717) is 5.13 Å². The second-order valence-electron chi connectivity index (χ2n) is 5.43. The van der Waals surface area contributed by atoms with Crippen LogP contribution in [0.15, 0.2) is 29.1 Å². The molecule has 0 fully saturated rings. The lowest BCUT2D eigenvalue weighted by Gasteiger charge is -2.17. The van der Waals surface area contributed by atoms with E-state index in [4.69, 9.17) is 4.74 Å². The Morgan fingerprint density at radius 1 is 1.42 bits per heavy atom. The number of nitrogens with zero attached hydrogens (tertiary/aromatic N) is 2. The Labute approximate surface area is 150 Å². The van der Waals surface area contributed by atoms with Gasteiger partial charge in [-0.05, 0) is 50.5 Å². The van der Waals surface area contributed by atoms with Crippen LogP contribution in [0.25, 0.3) is 0 Å². The van der Waals surface area contributed by atoms with Crippen molar-refractivity contribution in [3.8, 4) is 5.75 Å². The number of aromatic nitrogens is 2. The molecule has 7 heteroatoms. The first kappa shape index (κ1) is 18.5. The smallest absolute Gasteiger partial charge is 0.266 e. The summed E-state index contributed by atoms with van der Waals surface area (Å²) in [5.74, 6) is 1.24. The minimum atomic E-state index is -0.627. The largest absolute Gasteiger partial charge is 0.481 e. The zero-order chi connectivity index (χ0) is 17.7. The molecule has 0 radical (unpaired) electrons. The van der Waals surface area contributed by atoms with E-state index in [9.17, 15) is 4.79 Å². The molecule has 0 aliphatic carbocycles. The van der Waals surface area contributed by atoms with E-state index in [1.807, 2.05) is 26.8 Å². The van der Waals surface area contributed by atoms with Crippen LogP contribution in [0.2, 0.25) is 0 Å². The monoisotopic (exact) mass is 363 g/mol. The lowest BCUT2D eigenvalue weighted by Crippen LogP contribution is -2.30. The number of carbonyl (C=O) groups excluding carboxylic acids is 1. The maximum atomic E-state index is 12.3. The minimum absolute atomic E-state index is 0.245. The Morgan fingerprint density at radius 2 is 2.17 bits per heavy atom. The topological polar surface area (TPSA) is 64.1 Å². The average Bonchev–Trinajstić information content (AvgIpc) is 2.97. The summed E-state index contributed by atoms with van der Waals surface area (Å²) in [4.78, 5) is 12.3. The highest BCUT2D eigenvalue weighted by molar-refractivity contribution is 8.01. The number of carbonyl (C=O) groups is 1. The third-order valence-electron chi connectivity index (χ3n) is 3.40. The maximum absolute atomic E-state index is 12.3. The number of nitrogens with one attached hydrogen (secondary N) is 1. The van der Waals surface area contributed by atoms with Crippen molar-refractivity contribution in [2.75, 3.05) is 11.1 Å². The van der Waals surface area contributed by atoms with Crippen molar-refractivity contribution in [1.82, 2.24) is 10.2 Å². The van der Waals surface area contributed by atoms with Crippen LogP contribution in [0.5, 0.6) is 5.75 Å². The Hall–Kier alpha value is -1.86. The van der Waals surface area contributed by atoms with Crippen molar-refractivity contribution in [3.05, 3.63) is 41.5 Å². The van der Waals surface area contributed by atoms with Crippen molar-refractivity contribution in [1.29, 1.82) is 0 Å². The third kappa shape index (κ3) is 4.82. The number of aryl methyl sites for hydroxylation is 2. The number of hydrogen-bond donors (Lipinski definition) is 1. The molecule has 2 rings (SSSR count). The predicted molar refractivity (Wildman–Crippen MR) is 100 cm³/mol. The van der Waals surface area contributed by atoms with E-state index in [1.165, 1.54) is 23.1 Å². The lowest BCUT2D eigenvalue weighted by molar-refractivity contribution is -0.122. The fourth-order valence-electron chi connectivity index (χ4n) is 2.02. The molecule has 0 saturated carbocycles. The zero-order valence-electron chi connectivity index (χ0n) is 14.3. The molecule has 1 aromatic heterocycles. The molecule has 1 amide bonds. The number of ether oxygens (including phenoxy) is 1. The van der Waals surface area contributed by atoms with Crippen molar-refractivity contribution in [3.63, 3.8) is 0 Å². The molecule has 0 unspecified atom stereocenters. The molecule has 0 aliphatic heterocycles. The summed E-state index contributed by atoms with van der Waals surface area (Å²) in [6.07, 6.45) is 1.17. The molecule has 5 nitrogen and oxygen atoms in total. The first-order valence-electron chi connectivity index (χ1n) is 7.53. The van der Waals surface area contributed by atoms with E-state index in [0.717, 1.165) is 32.5 Å². The molecule has 128 valence electrons. The number of benzene rings is 1. The minimum Gasteiger partial charge on any atom is -0.481 e. The van der Waals surface area contributed by atoms with Gasteiger partial charge < -0.3 is 4.74 Å². The molecule has 2 aromatic rings. The highest BCUT2D eigenvalue weighted by Gasteiger charge is 2.18. The average molecular weight is 364 g/mol. The van der Waals surface area contributed by atoms with Gasteiger partial charge in [-0.1, -0.05) is 35.2 Å². The van der Waals surface area contributed by atoms with Crippen LogP contribution in [0.4, 0.5) is 5.13 Å². The number of anilines is 1. The summed E-state index contributed by atoms with van der Waals surface area (Å²) in [6.45, 7) is 11.4. The Morgan fingerprint density at radius 3 is 2.88 bits per heavy atom. The molecular formula is C17H21N3O2S2. The highest BCUT2D eigenvalue weighted by Crippen LogP contribution is 2.27. The standard InChI is InChI=1S/C17H21N3O2S2/c1-6-7-23-17-20-19-16(24-17)18-15(21)13(5)22-14-9-10(2)8-11(3)12(14)4/h6,8-9,13H,1,7H2,2-5H3,(H,18,19,21)/t13-/m1/s1. The Bertz CT molecular complexity index is 743. The van der Waals surface area contributed by atoms with E-state index < -0.39 is 6.10 Å². The zero-order valence-corrected chi connectivity index (χ0v) is 15.9. The molecule has 0 saturated heterocycles. The van der Waals surface area contributed by atoms with Crippen LogP contribution >= 0.6 is 23.1 Å². The van der Waals surface area contributed by atoms with Crippen molar-refractivity contribution < 1.29 is 9.53 Å². The van der Waals surface area contributed by atoms with E-state index >= 15 is 0 Å². The van der Waals surface area contributed by atoms with E-state index in [1.54, 1.807) is 13.0 Å². The second kappa shape index (κ2) is 8.30. The van der Waals surface area contributed by atoms with Crippen LogP contribution in [0, 0.1) is 20.8 Å². The van der Waals surface area contributed by atoms with Gasteiger partial charge in [0.25, 0.3) is 5.91 Å². The fourth-order valence-corrected chi connectivity index (χ4v) is 3.54. The first-order valence-corrected chi connectivity index (χ1v) is 9.33. The molecule has 1 aromatic carbocycles. The number of thioether (sulfide) groups is 1. The SMILES string of the molecule is C=CCSc1nnc(NC(=O)[C@@H](C)Oc2cc(C)cc(C)c2C)s1. The van der Waals surface area contributed by atoms with Crippen molar-refractivity contribution in [2.45, 2.75) is 38.1 Å². The van der Waals surface area contributed by atoms with Gasteiger partial charge in [0.1, 0.15) is 5.75 Å². The van der Waals surface area contributed by atoms with Crippen molar-refractivity contribution in [2.24, 2.45) is 0 Å². The van der Waals surface area contributed by atoms with E-state index in [2.05, 4.69) is 28.2 Å². The lowest BCUT2D eigenvalue weighted by atomic mass is 10.1. The predicted octanol–water partition coefficient (Wildman–Crippen LogP) is 4.15. The molecule has 0 aliphatic rings. The molecule has 0 spiro atoms. The van der Waals surface area contributed by atoms with Gasteiger partial charge >= 0.3 is 0 Å². The summed E-state index contributed by atoms with van der Waals surface area (Å²) in [5, 5.41) is 11.2. The normalized spacial score (nSPS) is 11.8. The van der Waals surface area contributed by atoms with Gasteiger partial charge in [0, 0.05) is 5.75 Å². The van der Waals surface area contributed by atoms with Gasteiger partial charge in [0.05, 0.1) is 0 Å². The maximum Gasteiger partial charge on any atom is 0.266 e. The summed E-state index contributed by atoms with van der Waals surface area (Å²) < 4.78 is 6.63. The van der Waals surface area contributed by atoms with Crippen LogP contribution < -0.4 is 10.1 Å². The molecule has 0 bridgehead atoms. The summed E-state index contributed by atoms with van der Waals surface area (Å²) in [6, 6.07) is 4.04. The van der Waals surface area contributed by atoms with Crippen LogP contribution in [-0.2, 0) is 4.79 Å². The van der Waals surface area contributed by atoms with Gasteiger partial charge in [-0.3, -0.25) is 10.1 Å². The molecule has 1 heterocycles. The van der Waals surface area contributed by atoms with Gasteiger partial charge in [-0.25, -0.2) is 0 Å². The van der Waals surface area contributed by atoms with Gasteiger partial charge in [0.2, 0.25) is 5.13 Å². The summed E-state index contributed by atoms with van der Waals surface area (Å²) >= 11 is 2.87. The fraction of sp³-hybridized carbons (Fsp3) is 0.353. The highest BCUT2D eigenvalue weighted by atomic mass is 32.2. The number of rotatable bonds is 7. The Kier molecular flexibility index (Phi) is 6.39. The van der Waals surface area contributed by atoms with Gasteiger partial charge in [-0.15, -0.1) is 16.8 Å².